The van der Waals surface area contributed by atoms with Gasteiger partial charge < -0.3 is 15.0 Å². The van der Waals surface area contributed by atoms with E-state index in [1.807, 2.05) is 19.0 Å². The molecule has 1 amide bonds. The summed E-state index contributed by atoms with van der Waals surface area (Å²) in [5, 5.41) is 2.31. The molecular weight excluding hydrogens is 361 g/mol. The van der Waals surface area contributed by atoms with Gasteiger partial charge in [0.1, 0.15) is 0 Å². The van der Waals surface area contributed by atoms with Crippen LogP contribution < -0.4 is 10.2 Å². The van der Waals surface area contributed by atoms with Crippen molar-refractivity contribution >= 4 is 23.3 Å². The third kappa shape index (κ3) is 5.47. The van der Waals surface area contributed by atoms with Gasteiger partial charge in [0.2, 0.25) is 0 Å². The smallest absolute Gasteiger partial charge is 0.416 e. The predicted octanol–water partition coefficient (Wildman–Crippen LogP) is 3.96. The minimum Gasteiger partial charge on any atom is -0.449 e. The van der Waals surface area contributed by atoms with Gasteiger partial charge in [-0.1, -0.05) is 6.07 Å². The third-order valence-corrected chi connectivity index (χ3v) is 3.73. The molecule has 0 saturated carbocycles. The van der Waals surface area contributed by atoms with Crippen LogP contribution in [0.25, 0.3) is 0 Å². The molecule has 0 aliphatic heterocycles. The molecule has 2 aromatic rings. The van der Waals surface area contributed by atoms with Crippen molar-refractivity contribution < 1.29 is 27.5 Å². The predicted molar refractivity (Wildman–Crippen MR) is 95.7 cm³/mol. The highest BCUT2D eigenvalue weighted by Crippen LogP contribution is 2.30. The Kier molecular flexibility index (Phi) is 6.09. The molecule has 0 spiro atoms. The molecular formula is C19H19F3N2O3. The zero-order chi connectivity index (χ0) is 20.2. The fraction of sp³-hybridized carbons (Fsp3) is 0.263. The lowest BCUT2D eigenvalue weighted by atomic mass is 10.2. The molecule has 2 rings (SSSR count). The van der Waals surface area contributed by atoms with E-state index in [0.29, 0.717) is 0 Å². The van der Waals surface area contributed by atoms with Crippen LogP contribution in [0.15, 0.2) is 48.5 Å². The molecule has 2 aromatic carbocycles. The first-order valence-electron chi connectivity index (χ1n) is 8.04. The van der Waals surface area contributed by atoms with Crippen LogP contribution >= 0.6 is 0 Å². The maximum atomic E-state index is 12.7. The monoisotopic (exact) mass is 380 g/mol. The van der Waals surface area contributed by atoms with Crippen LogP contribution in [0.5, 0.6) is 0 Å². The summed E-state index contributed by atoms with van der Waals surface area (Å²) in [6, 6.07) is 10.8. The van der Waals surface area contributed by atoms with E-state index in [2.05, 4.69) is 5.32 Å². The standard InChI is InChI=1S/C19H19F3N2O3/c1-12(27-18(26)13-7-9-16(10-8-13)24(2)3)17(25)23-15-6-4-5-14(11-15)19(20,21)22/h4-12H,1-3H3,(H,23,25). The highest BCUT2D eigenvalue weighted by molar-refractivity contribution is 5.97. The number of ether oxygens (including phenoxy) is 1. The Morgan fingerprint density at radius 1 is 1.07 bits per heavy atom. The van der Waals surface area contributed by atoms with Crippen LogP contribution in [0.2, 0.25) is 0 Å². The molecule has 0 aromatic heterocycles. The first kappa shape index (κ1) is 20.3. The fourth-order valence-electron chi connectivity index (χ4n) is 2.19. The fourth-order valence-corrected chi connectivity index (χ4v) is 2.19. The Morgan fingerprint density at radius 2 is 1.70 bits per heavy atom. The second kappa shape index (κ2) is 8.11. The normalized spacial score (nSPS) is 12.2. The minimum atomic E-state index is -4.52. The van der Waals surface area contributed by atoms with Gasteiger partial charge in [-0.05, 0) is 49.4 Å². The van der Waals surface area contributed by atoms with Crippen LogP contribution in [0.1, 0.15) is 22.8 Å². The number of rotatable bonds is 5. The largest absolute Gasteiger partial charge is 0.449 e. The van der Waals surface area contributed by atoms with E-state index in [1.165, 1.54) is 19.1 Å². The zero-order valence-electron chi connectivity index (χ0n) is 15.0. The van der Waals surface area contributed by atoms with Crippen LogP contribution in [0, 0.1) is 0 Å². The van der Waals surface area contributed by atoms with Gasteiger partial charge in [0.05, 0.1) is 11.1 Å². The summed E-state index contributed by atoms with van der Waals surface area (Å²) in [6.07, 6.45) is -5.70. The average molecular weight is 380 g/mol. The van der Waals surface area contributed by atoms with Crippen molar-refractivity contribution in [2.75, 3.05) is 24.3 Å². The van der Waals surface area contributed by atoms with Gasteiger partial charge in [0.25, 0.3) is 5.91 Å². The Morgan fingerprint density at radius 3 is 2.26 bits per heavy atom. The van der Waals surface area contributed by atoms with Crippen molar-refractivity contribution in [2.24, 2.45) is 0 Å². The number of alkyl halides is 3. The maximum absolute atomic E-state index is 12.7. The Hall–Kier alpha value is -3.03. The van der Waals surface area contributed by atoms with Crippen molar-refractivity contribution in [2.45, 2.75) is 19.2 Å². The molecule has 0 aliphatic rings. The number of benzene rings is 2. The number of nitrogens with zero attached hydrogens (tertiary/aromatic N) is 1. The number of halogens is 3. The SMILES string of the molecule is CC(OC(=O)c1ccc(N(C)C)cc1)C(=O)Nc1cccc(C(F)(F)F)c1. The summed E-state index contributed by atoms with van der Waals surface area (Å²) < 4.78 is 43.2. The topological polar surface area (TPSA) is 58.6 Å². The summed E-state index contributed by atoms with van der Waals surface area (Å²) in [6.45, 7) is 1.34. The van der Waals surface area contributed by atoms with Crippen molar-refractivity contribution in [1.82, 2.24) is 0 Å². The molecule has 27 heavy (non-hydrogen) atoms. The number of carbonyl (C=O) groups is 2. The molecule has 8 heteroatoms. The molecule has 0 radical (unpaired) electrons. The zero-order valence-corrected chi connectivity index (χ0v) is 15.0. The minimum absolute atomic E-state index is 0.0342. The van der Waals surface area contributed by atoms with Crippen molar-refractivity contribution in [3.63, 3.8) is 0 Å². The molecule has 144 valence electrons. The van der Waals surface area contributed by atoms with Crippen molar-refractivity contribution in [3.8, 4) is 0 Å². The molecule has 5 nitrogen and oxygen atoms in total. The summed E-state index contributed by atoms with van der Waals surface area (Å²) in [7, 11) is 3.71. The number of nitrogens with one attached hydrogen (secondary N) is 1. The lowest BCUT2D eigenvalue weighted by molar-refractivity contribution is -0.137. The van der Waals surface area contributed by atoms with Gasteiger partial charge in [-0.2, -0.15) is 13.2 Å². The molecule has 0 saturated heterocycles. The number of anilines is 2. The van der Waals surface area contributed by atoms with Crippen LogP contribution in [-0.2, 0) is 15.7 Å². The number of hydrogen-bond donors (Lipinski definition) is 1. The summed E-state index contributed by atoms with van der Waals surface area (Å²) in [4.78, 5) is 26.1. The Bertz CT molecular complexity index is 818. The molecule has 0 aliphatic carbocycles. The van der Waals surface area contributed by atoms with Crippen molar-refractivity contribution in [3.05, 3.63) is 59.7 Å². The molecule has 0 fully saturated rings. The second-order valence-electron chi connectivity index (χ2n) is 6.06. The molecule has 1 N–H and O–H groups in total. The van der Waals surface area contributed by atoms with Gasteiger partial charge in [0, 0.05) is 25.5 Å². The Balaban J connectivity index is 2.00. The van der Waals surface area contributed by atoms with E-state index in [4.69, 9.17) is 4.74 Å². The lowest BCUT2D eigenvalue weighted by Gasteiger charge is -2.15. The average Bonchev–Trinajstić information content (AvgIpc) is 2.61. The van der Waals surface area contributed by atoms with Crippen LogP contribution in [-0.4, -0.2) is 32.1 Å². The van der Waals surface area contributed by atoms with E-state index < -0.39 is 29.7 Å². The lowest BCUT2D eigenvalue weighted by Crippen LogP contribution is -2.30. The first-order valence-corrected chi connectivity index (χ1v) is 8.04. The number of esters is 1. The summed E-state index contributed by atoms with van der Waals surface area (Å²) in [5.74, 6) is -1.43. The van der Waals surface area contributed by atoms with Gasteiger partial charge in [-0.3, -0.25) is 4.79 Å². The third-order valence-electron chi connectivity index (χ3n) is 3.73. The first-order chi connectivity index (χ1) is 12.6. The van der Waals surface area contributed by atoms with E-state index in [-0.39, 0.29) is 11.3 Å². The summed E-state index contributed by atoms with van der Waals surface area (Å²) in [5.41, 5.74) is 0.236. The van der Waals surface area contributed by atoms with E-state index in [0.717, 1.165) is 17.8 Å². The molecule has 0 bridgehead atoms. The van der Waals surface area contributed by atoms with Crippen LogP contribution in [0.3, 0.4) is 0 Å². The van der Waals surface area contributed by atoms with Crippen molar-refractivity contribution in [1.29, 1.82) is 0 Å². The van der Waals surface area contributed by atoms with Gasteiger partial charge in [0.15, 0.2) is 6.10 Å². The Labute approximate surface area is 154 Å². The van der Waals surface area contributed by atoms with E-state index in [1.54, 1.807) is 24.3 Å². The maximum Gasteiger partial charge on any atom is 0.416 e. The van der Waals surface area contributed by atoms with Gasteiger partial charge >= 0.3 is 12.1 Å². The van der Waals surface area contributed by atoms with E-state index in [9.17, 15) is 22.8 Å². The number of amides is 1. The van der Waals surface area contributed by atoms with Gasteiger partial charge in [-0.25, -0.2) is 4.79 Å². The number of hydrogen-bond acceptors (Lipinski definition) is 4. The highest BCUT2D eigenvalue weighted by atomic mass is 19.4. The highest BCUT2D eigenvalue weighted by Gasteiger charge is 2.30. The van der Waals surface area contributed by atoms with Crippen LogP contribution in [0.4, 0.5) is 24.5 Å². The van der Waals surface area contributed by atoms with E-state index >= 15 is 0 Å². The second-order valence-corrected chi connectivity index (χ2v) is 6.06. The summed E-state index contributed by atoms with van der Waals surface area (Å²) >= 11 is 0. The molecule has 1 atom stereocenters. The van der Waals surface area contributed by atoms with Gasteiger partial charge in [-0.15, -0.1) is 0 Å². The number of carbonyl (C=O) groups excluding carboxylic acids is 2. The molecule has 1 unspecified atom stereocenters. The molecule has 0 heterocycles. The quantitative estimate of drug-likeness (QED) is 0.798.